The van der Waals surface area contributed by atoms with Gasteiger partial charge in [0.15, 0.2) is 5.96 Å². The van der Waals surface area contributed by atoms with Crippen molar-refractivity contribution < 1.29 is 4.39 Å². The summed E-state index contributed by atoms with van der Waals surface area (Å²) in [5.41, 5.74) is 2.00. The number of hydrogen-bond acceptors (Lipinski definition) is 4. The number of nitrogens with zero attached hydrogens (tertiary/aromatic N) is 5. The number of pyridine rings is 1. The molecule has 1 fully saturated rings. The predicted molar refractivity (Wildman–Crippen MR) is 112 cm³/mol. The van der Waals surface area contributed by atoms with E-state index in [1.807, 2.05) is 24.2 Å². The summed E-state index contributed by atoms with van der Waals surface area (Å²) in [7, 11) is 5.84. The zero-order valence-electron chi connectivity index (χ0n) is 16.9. The van der Waals surface area contributed by atoms with Gasteiger partial charge in [-0.3, -0.25) is 4.99 Å². The Balaban J connectivity index is 1.53. The molecule has 28 heavy (non-hydrogen) atoms. The summed E-state index contributed by atoms with van der Waals surface area (Å²) in [6.07, 6.45) is 1.92. The van der Waals surface area contributed by atoms with Crippen LogP contribution in [0, 0.1) is 5.82 Å². The first-order valence-electron chi connectivity index (χ1n) is 9.60. The molecule has 6 nitrogen and oxygen atoms in total. The van der Waals surface area contributed by atoms with E-state index in [9.17, 15) is 4.39 Å². The van der Waals surface area contributed by atoms with Crippen molar-refractivity contribution in [3.63, 3.8) is 0 Å². The van der Waals surface area contributed by atoms with E-state index in [1.165, 1.54) is 6.07 Å². The van der Waals surface area contributed by atoms with Gasteiger partial charge in [-0.2, -0.15) is 0 Å². The molecule has 1 saturated heterocycles. The van der Waals surface area contributed by atoms with Crippen LogP contribution in [0.2, 0.25) is 0 Å². The van der Waals surface area contributed by atoms with E-state index in [1.54, 1.807) is 19.2 Å². The molecule has 1 aromatic carbocycles. The quantitative estimate of drug-likeness (QED) is 0.633. The molecule has 2 heterocycles. The number of nitrogens with one attached hydrogen (secondary N) is 1. The summed E-state index contributed by atoms with van der Waals surface area (Å²) in [6.45, 7) is 5.38. The Morgan fingerprint density at radius 3 is 2.61 bits per heavy atom. The van der Waals surface area contributed by atoms with Gasteiger partial charge in [0, 0.05) is 59.6 Å². The molecule has 150 valence electrons. The zero-order chi connectivity index (χ0) is 19.9. The average Bonchev–Trinajstić information content (AvgIpc) is 2.69. The second-order valence-electron chi connectivity index (χ2n) is 7.20. The normalized spacial score (nSPS) is 15.6. The lowest BCUT2D eigenvalue weighted by atomic mass is 10.2. The van der Waals surface area contributed by atoms with Crippen molar-refractivity contribution in [2.75, 3.05) is 52.2 Å². The number of aromatic nitrogens is 1. The van der Waals surface area contributed by atoms with Crippen LogP contribution in [0.25, 0.3) is 0 Å². The molecule has 1 N–H and O–H groups in total. The standard InChI is InChI=1S/C21H29FN6/c1-23-21(27(3)16-17-5-4-6-19(22)13-17)25-15-18-7-8-20(24-14-18)28-11-9-26(2)10-12-28/h4-8,13-14H,9-12,15-16H2,1-3H3,(H,23,25). The predicted octanol–water partition coefficient (Wildman–Crippen LogP) is 2.18. The Morgan fingerprint density at radius 2 is 1.96 bits per heavy atom. The smallest absolute Gasteiger partial charge is 0.193 e. The van der Waals surface area contributed by atoms with E-state index in [0.29, 0.717) is 13.1 Å². The van der Waals surface area contributed by atoms with Crippen LogP contribution >= 0.6 is 0 Å². The minimum absolute atomic E-state index is 0.222. The lowest BCUT2D eigenvalue weighted by Crippen LogP contribution is -2.44. The highest BCUT2D eigenvalue weighted by molar-refractivity contribution is 5.79. The van der Waals surface area contributed by atoms with E-state index >= 15 is 0 Å². The monoisotopic (exact) mass is 384 g/mol. The number of aliphatic imine (C=N–C) groups is 1. The number of likely N-dealkylation sites (N-methyl/N-ethyl adjacent to an activating group) is 1. The fourth-order valence-corrected chi connectivity index (χ4v) is 3.29. The summed E-state index contributed by atoms with van der Waals surface area (Å²) in [6, 6.07) is 10.8. The van der Waals surface area contributed by atoms with Crippen LogP contribution in [0.15, 0.2) is 47.6 Å². The van der Waals surface area contributed by atoms with Gasteiger partial charge >= 0.3 is 0 Å². The maximum absolute atomic E-state index is 13.4. The Bertz CT molecular complexity index is 784. The molecule has 3 rings (SSSR count). The van der Waals surface area contributed by atoms with Crippen molar-refractivity contribution in [2.24, 2.45) is 4.99 Å². The highest BCUT2D eigenvalue weighted by atomic mass is 19.1. The molecule has 0 bridgehead atoms. The lowest BCUT2D eigenvalue weighted by Gasteiger charge is -2.33. The highest BCUT2D eigenvalue weighted by Crippen LogP contribution is 2.13. The van der Waals surface area contributed by atoms with Gasteiger partial charge in [0.25, 0.3) is 0 Å². The summed E-state index contributed by atoms with van der Waals surface area (Å²) < 4.78 is 13.4. The Kier molecular flexibility index (Phi) is 6.81. The third-order valence-electron chi connectivity index (χ3n) is 4.97. The lowest BCUT2D eigenvalue weighted by molar-refractivity contribution is 0.312. The molecule has 0 unspecified atom stereocenters. The van der Waals surface area contributed by atoms with Crippen LogP contribution in [0.1, 0.15) is 11.1 Å². The van der Waals surface area contributed by atoms with Gasteiger partial charge in [0.2, 0.25) is 0 Å². The molecule has 0 aliphatic carbocycles. The third kappa shape index (κ3) is 5.42. The van der Waals surface area contributed by atoms with Crippen LogP contribution < -0.4 is 10.2 Å². The molecule has 0 amide bonds. The third-order valence-corrected chi connectivity index (χ3v) is 4.97. The molecule has 0 spiro atoms. The highest BCUT2D eigenvalue weighted by Gasteiger charge is 2.15. The van der Waals surface area contributed by atoms with Crippen LogP contribution in [0.5, 0.6) is 0 Å². The van der Waals surface area contributed by atoms with Crippen molar-refractivity contribution in [3.8, 4) is 0 Å². The number of rotatable bonds is 5. The fourth-order valence-electron chi connectivity index (χ4n) is 3.29. The first kappa shape index (κ1) is 20.1. The minimum atomic E-state index is -0.222. The van der Waals surface area contributed by atoms with E-state index in [0.717, 1.165) is 49.1 Å². The Hall–Kier alpha value is -2.67. The van der Waals surface area contributed by atoms with Gasteiger partial charge < -0.3 is 20.0 Å². The van der Waals surface area contributed by atoms with Crippen LogP contribution in [-0.2, 0) is 13.1 Å². The summed E-state index contributed by atoms with van der Waals surface area (Å²) in [5, 5.41) is 3.35. The maximum atomic E-state index is 13.4. The second-order valence-corrected chi connectivity index (χ2v) is 7.20. The Morgan fingerprint density at radius 1 is 1.18 bits per heavy atom. The van der Waals surface area contributed by atoms with E-state index in [4.69, 9.17) is 0 Å². The maximum Gasteiger partial charge on any atom is 0.193 e. The topological polar surface area (TPSA) is 47.0 Å². The Labute approximate surface area is 166 Å². The van der Waals surface area contributed by atoms with Gasteiger partial charge in [0.05, 0.1) is 0 Å². The van der Waals surface area contributed by atoms with Crippen molar-refractivity contribution in [2.45, 2.75) is 13.1 Å². The molecular formula is C21H29FN6. The van der Waals surface area contributed by atoms with Crippen molar-refractivity contribution in [3.05, 3.63) is 59.5 Å². The molecule has 0 radical (unpaired) electrons. The number of piperazine rings is 1. The molecular weight excluding hydrogens is 355 g/mol. The first-order valence-corrected chi connectivity index (χ1v) is 9.60. The number of halogens is 1. The number of benzene rings is 1. The van der Waals surface area contributed by atoms with Crippen molar-refractivity contribution in [1.82, 2.24) is 20.1 Å². The fraction of sp³-hybridized carbons (Fsp3) is 0.429. The first-order chi connectivity index (χ1) is 13.5. The van der Waals surface area contributed by atoms with Crippen LogP contribution in [0.4, 0.5) is 10.2 Å². The van der Waals surface area contributed by atoms with E-state index in [-0.39, 0.29) is 5.82 Å². The molecule has 0 saturated carbocycles. The summed E-state index contributed by atoms with van der Waals surface area (Å²) in [5.74, 6) is 1.57. The molecule has 1 aliphatic rings. The number of guanidine groups is 1. The van der Waals surface area contributed by atoms with Crippen LogP contribution in [-0.4, -0.2) is 68.1 Å². The average molecular weight is 385 g/mol. The number of anilines is 1. The molecule has 1 aromatic heterocycles. The molecule has 0 atom stereocenters. The molecule has 7 heteroatoms. The SMILES string of the molecule is CN=C(NCc1ccc(N2CCN(C)CC2)nc1)N(C)Cc1cccc(F)c1. The number of hydrogen-bond donors (Lipinski definition) is 1. The summed E-state index contributed by atoms with van der Waals surface area (Å²) >= 11 is 0. The molecule has 1 aliphatic heterocycles. The van der Waals surface area contributed by atoms with Crippen molar-refractivity contribution >= 4 is 11.8 Å². The van der Waals surface area contributed by atoms with Crippen LogP contribution in [0.3, 0.4) is 0 Å². The second kappa shape index (κ2) is 9.50. The van der Waals surface area contributed by atoms with Gasteiger partial charge in [-0.1, -0.05) is 18.2 Å². The minimum Gasteiger partial charge on any atom is -0.354 e. The van der Waals surface area contributed by atoms with Crippen molar-refractivity contribution in [1.29, 1.82) is 0 Å². The van der Waals surface area contributed by atoms with Gasteiger partial charge in [0.1, 0.15) is 11.6 Å². The largest absolute Gasteiger partial charge is 0.354 e. The van der Waals surface area contributed by atoms with E-state index < -0.39 is 0 Å². The summed E-state index contributed by atoms with van der Waals surface area (Å²) in [4.78, 5) is 15.6. The molecule has 2 aromatic rings. The van der Waals surface area contributed by atoms with E-state index in [2.05, 4.69) is 44.3 Å². The van der Waals surface area contributed by atoms with Gasteiger partial charge in [-0.15, -0.1) is 0 Å². The van der Waals surface area contributed by atoms with Gasteiger partial charge in [-0.05, 0) is 36.4 Å². The zero-order valence-corrected chi connectivity index (χ0v) is 16.9. The van der Waals surface area contributed by atoms with Gasteiger partial charge in [-0.25, -0.2) is 9.37 Å².